The van der Waals surface area contributed by atoms with Crippen molar-refractivity contribution in [2.75, 3.05) is 18.1 Å². The molecule has 1 aliphatic rings. The van der Waals surface area contributed by atoms with Crippen molar-refractivity contribution in [3.63, 3.8) is 0 Å². The summed E-state index contributed by atoms with van der Waals surface area (Å²) in [5, 5.41) is 2.24. The van der Waals surface area contributed by atoms with E-state index >= 15 is 0 Å². The molecule has 27 heavy (non-hydrogen) atoms. The van der Waals surface area contributed by atoms with Gasteiger partial charge in [0.2, 0.25) is 0 Å². The molecule has 0 radical (unpaired) electrons. The number of sulfone groups is 1. The molecule has 150 valence electrons. The summed E-state index contributed by atoms with van der Waals surface area (Å²) in [6.45, 7) is 6.61. The number of benzene rings is 1. The van der Waals surface area contributed by atoms with Gasteiger partial charge in [0, 0.05) is 18.8 Å². The zero-order valence-corrected chi connectivity index (χ0v) is 17.0. The summed E-state index contributed by atoms with van der Waals surface area (Å²) in [4.78, 5) is 26.7. The number of amides is 2. The highest BCUT2D eigenvalue weighted by molar-refractivity contribution is 7.90. The molecule has 1 fully saturated rings. The number of nitrogens with one attached hydrogen (secondary N) is 1. The fraction of sp³-hybridized carbons (Fsp3) is 0.579. The molecule has 0 aliphatic carbocycles. The quantitative estimate of drug-likeness (QED) is 0.627. The molecule has 8 heteroatoms. The van der Waals surface area contributed by atoms with Crippen LogP contribution in [-0.2, 0) is 19.4 Å². The van der Waals surface area contributed by atoms with E-state index in [1.807, 2.05) is 13.8 Å². The molecule has 6 nitrogen and oxygen atoms in total. The molecule has 1 aromatic carbocycles. The van der Waals surface area contributed by atoms with Crippen molar-refractivity contribution < 1.29 is 22.4 Å². The van der Waals surface area contributed by atoms with Gasteiger partial charge in [0.05, 0.1) is 10.6 Å². The predicted octanol–water partition coefficient (Wildman–Crippen LogP) is 2.84. The van der Waals surface area contributed by atoms with E-state index in [0.717, 1.165) is 43.7 Å². The highest BCUT2D eigenvalue weighted by Crippen LogP contribution is 2.26. The summed E-state index contributed by atoms with van der Waals surface area (Å²) in [6.07, 6.45) is 3.60. The predicted molar refractivity (Wildman–Crippen MR) is 101 cm³/mol. The molecular formula is C19H27FN2O4S. The number of carbonyl (C=O) groups excluding carboxylic acids is 2. The molecule has 0 bridgehead atoms. The van der Waals surface area contributed by atoms with Gasteiger partial charge in [-0.05, 0) is 49.3 Å². The van der Waals surface area contributed by atoms with Crippen molar-refractivity contribution in [3.8, 4) is 0 Å². The number of hydrogen-bond acceptors (Lipinski definition) is 4. The largest absolute Gasteiger partial charge is 0.331 e. The first-order valence-electron chi connectivity index (χ1n) is 9.12. The lowest BCUT2D eigenvalue weighted by atomic mass is 9.95. The molecule has 0 aromatic heterocycles. The highest BCUT2D eigenvalue weighted by atomic mass is 32.2. The van der Waals surface area contributed by atoms with Crippen molar-refractivity contribution in [1.82, 2.24) is 4.90 Å². The number of halogens is 1. The minimum Gasteiger partial charge on any atom is -0.331 e. The van der Waals surface area contributed by atoms with Crippen LogP contribution in [0.15, 0.2) is 23.1 Å². The Kier molecular flexibility index (Phi) is 6.62. The van der Waals surface area contributed by atoms with Crippen LogP contribution in [0.4, 0.5) is 10.1 Å². The Morgan fingerprint density at radius 1 is 1.22 bits per heavy atom. The number of hydrogen-bond donors (Lipinski definition) is 1. The maximum atomic E-state index is 14.0. The topological polar surface area (TPSA) is 83.6 Å². The molecule has 1 N–H and O–H groups in total. The Balaban J connectivity index is 2.23. The summed E-state index contributed by atoms with van der Waals surface area (Å²) in [5.41, 5.74) is -0.319. The second kappa shape index (κ2) is 8.37. The standard InChI is InChI=1S/C19H27FN2O4S/c1-12(2)17-8-5-13(3)9-10-22(17)19(24)18(23)21-16-11-14(27(4,25)26)6-7-15(16)20/h6-7,11-13,17H,5,8-10H2,1-4H3,(H,21,23)/t13-,17+/m0/s1. The number of anilines is 1. The van der Waals surface area contributed by atoms with Gasteiger partial charge in [-0.1, -0.05) is 20.8 Å². The Labute approximate surface area is 160 Å². The fourth-order valence-electron chi connectivity index (χ4n) is 3.36. The molecule has 2 rings (SSSR count). The second-order valence-electron chi connectivity index (χ2n) is 7.65. The Morgan fingerprint density at radius 3 is 2.48 bits per heavy atom. The first-order valence-corrected chi connectivity index (χ1v) is 11.0. The molecule has 0 spiro atoms. The zero-order chi connectivity index (χ0) is 20.4. The summed E-state index contributed by atoms with van der Waals surface area (Å²) < 4.78 is 37.3. The van der Waals surface area contributed by atoms with E-state index in [9.17, 15) is 22.4 Å². The van der Waals surface area contributed by atoms with Crippen LogP contribution >= 0.6 is 0 Å². The molecule has 0 unspecified atom stereocenters. The van der Waals surface area contributed by atoms with E-state index in [-0.39, 0.29) is 22.5 Å². The van der Waals surface area contributed by atoms with Gasteiger partial charge >= 0.3 is 11.8 Å². The number of nitrogens with zero attached hydrogens (tertiary/aromatic N) is 1. The minimum atomic E-state index is -3.56. The van der Waals surface area contributed by atoms with Gasteiger partial charge in [0.15, 0.2) is 9.84 Å². The van der Waals surface area contributed by atoms with Crippen molar-refractivity contribution in [3.05, 3.63) is 24.0 Å². The van der Waals surface area contributed by atoms with Gasteiger partial charge in [0.25, 0.3) is 0 Å². The SMILES string of the molecule is CC(C)[C@H]1CC[C@H](C)CCN1C(=O)C(=O)Nc1cc(S(C)(=O)=O)ccc1F. The first-order chi connectivity index (χ1) is 12.5. The van der Waals surface area contributed by atoms with Crippen LogP contribution < -0.4 is 5.32 Å². The van der Waals surface area contributed by atoms with Crippen LogP contribution in [0.5, 0.6) is 0 Å². The highest BCUT2D eigenvalue weighted by Gasteiger charge is 2.33. The maximum absolute atomic E-state index is 14.0. The van der Waals surface area contributed by atoms with Crippen molar-refractivity contribution in [2.45, 2.75) is 51.0 Å². The van der Waals surface area contributed by atoms with E-state index < -0.39 is 27.5 Å². The lowest BCUT2D eigenvalue weighted by Gasteiger charge is -2.32. The molecule has 0 saturated carbocycles. The van der Waals surface area contributed by atoms with Crippen LogP contribution in [0, 0.1) is 17.7 Å². The van der Waals surface area contributed by atoms with Crippen LogP contribution in [0.1, 0.15) is 40.0 Å². The average Bonchev–Trinajstić information content (AvgIpc) is 2.76. The summed E-state index contributed by atoms with van der Waals surface area (Å²) in [7, 11) is -3.56. The van der Waals surface area contributed by atoms with Gasteiger partial charge in [-0.3, -0.25) is 9.59 Å². The molecule has 2 atom stereocenters. The summed E-state index contributed by atoms with van der Waals surface area (Å²) >= 11 is 0. The third-order valence-corrected chi connectivity index (χ3v) is 6.17. The molecular weight excluding hydrogens is 371 g/mol. The molecule has 1 heterocycles. The van der Waals surface area contributed by atoms with Gasteiger partial charge in [0.1, 0.15) is 5.82 Å². The monoisotopic (exact) mass is 398 g/mol. The third kappa shape index (κ3) is 5.28. The molecule has 1 saturated heterocycles. The molecule has 2 amide bonds. The maximum Gasteiger partial charge on any atom is 0.313 e. The van der Waals surface area contributed by atoms with Crippen LogP contribution in [0.25, 0.3) is 0 Å². The van der Waals surface area contributed by atoms with Crippen LogP contribution in [0.2, 0.25) is 0 Å². The number of carbonyl (C=O) groups is 2. The normalized spacial score (nSPS) is 21.0. The van der Waals surface area contributed by atoms with E-state index in [1.165, 1.54) is 0 Å². The summed E-state index contributed by atoms with van der Waals surface area (Å²) in [5.74, 6) is -1.81. The van der Waals surface area contributed by atoms with E-state index in [0.29, 0.717) is 12.5 Å². The van der Waals surface area contributed by atoms with Gasteiger partial charge in [-0.2, -0.15) is 0 Å². The second-order valence-corrected chi connectivity index (χ2v) is 9.66. The van der Waals surface area contributed by atoms with Gasteiger partial charge in [-0.15, -0.1) is 0 Å². The average molecular weight is 399 g/mol. The van der Waals surface area contributed by atoms with Crippen molar-refractivity contribution in [2.24, 2.45) is 11.8 Å². The molecule has 1 aromatic rings. The van der Waals surface area contributed by atoms with Crippen molar-refractivity contribution >= 4 is 27.3 Å². The Bertz CT molecular complexity index is 823. The summed E-state index contributed by atoms with van der Waals surface area (Å²) in [6, 6.07) is 3.05. The Morgan fingerprint density at radius 2 is 1.89 bits per heavy atom. The first kappa shape index (κ1) is 21.3. The third-order valence-electron chi connectivity index (χ3n) is 5.06. The van der Waals surface area contributed by atoms with Gasteiger partial charge in [-0.25, -0.2) is 12.8 Å². The lowest BCUT2D eigenvalue weighted by molar-refractivity contribution is -0.145. The van der Waals surface area contributed by atoms with E-state index in [1.54, 1.807) is 4.90 Å². The van der Waals surface area contributed by atoms with E-state index in [4.69, 9.17) is 0 Å². The van der Waals surface area contributed by atoms with Crippen molar-refractivity contribution in [1.29, 1.82) is 0 Å². The minimum absolute atomic E-state index is 0.0552. The number of rotatable bonds is 3. The smallest absolute Gasteiger partial charge is 0.313 e. The van der Waals surface area contributed by atoms with Gasteiger partial charge < -0.3 is 10.2 Å². The zero-order valence-electron chi connectivity index (χ0n) is 16.2. The van der Waals surface area contributed by atoms with Crippen LogP contribution in [-0.4, -0.2) is 44.0 Å². The van der Waals surface area contributed by atoms with E-state index in [2.05, 4.69) is 12.2 Å². The fourth-order valence-corrected chi connectivity index (χ4v) is 4.01. The number of likely N-dealkylation sites (tertiary alicyclic amines) is 1. The Hall–Kier alpha value is -1.96. The molecule has 1 aliphatic heterocycles. The van der Waals surface area contributed by atoms with Crippen LogP contribution in [0.3, 0.4) is 0 Å². The lowest BCUT2D eigenvalue weighted by Crippen LogP contribution is -2.47.